The van der Waals surface area contributed by atoms with Gasteiger partial charge >= 0.3 is 0 Å². The van der Waals surface area contributed by atoms with E-state index in [0.717, 1.165) is 33.3 Å². The van der Waals surface area contributed by atoms with Crippen molar-refractivity contribution < 1.29 is 4.79 Å². The number of nitrogens with one attached hydrogen (secondary N) is 1. The van der Waals surface area contributed by atoms with E-state index >= 15 is 0 Å². The van der Waals surface area contributed by atoms with Crippen LogP contribution in [0.25, 0.3) is 11.0 Å². The second-order valence-corrected chi connectivity index (χ2v) is 6.29. The van der Waals surface area contributed by atoms with Crippen molar-refractivity contribution in [2.45, 2.75) is 12.8 Å². The summed E-state index contributed by atoms with van der Waals surface area (Å²) in [5.41, 5.74) is 4.58. The van der Waals surface area contributed by atoms with Crippen molar-refractivity contribution in [3.63, 3.8) is 0 Å². The molecule has 4 rings (SSSR count). The molecule has 0 saturated carbocycles. The molecule has 0 spiro atoms. The Morgan fingerprint density at radius 2 is 1.67 bits per heavy atom. The first-order valence-electron chi connectivity index (χ1n) is 8.91. The molecule has 0 amide bonds. The van der Waals surface area contributed by atoms with Gasteiger partial charge in [0, 0.05) is 40.9 Å². The summed E-state index contributed by atoms with van der Waals surface area (Å²) in [6, 6.07) is 21.3. The van der Waals surface area contributed by atoms with Crippen LogP contribution in [-0.4, -0.2) is 15.8 Å². The van der Waals surface area contributed by atoms with Crippen LogP contribution in [0.2, 0.25) is 0 Å². The normalized spacial score (nSPS) is 10.4. The van der Waals surface area contributed by atoms with E-state index in [2.05, 4.69) is 21.8 Å². The molecule has 130 valence electrons. The number of aromatic nitrogens is 2. The predicted octanol–water partition coefficient (Wildman–Crippen LogP) is 4.78. The van der Waals surface area contributed by atoms with E-state index in [9.17, 15) is 4.79 Å². The maximum absolute atomic E-state index is 12.4. The number of Topliss-reactive ketones (excluding diaryl/α,β-unsaturated/α-hetero) is 1. The first-order valence-corrected chi connectivity index (χ1v) is 8.91. The summed E-state index contributed by atoms with van der Waals surface area (Å²) in [7, 11) is 0. The molecule has 1 N–H and O–H groups in total. The zero-order chi connectivity index (χ0) is 18.5. The molecule has 3 nitrogen and oxygen atoms in total. The summed E-state index contributed by atoms with van der Waals surface area (Å²) in [5, 5.41) is 1.02. The Morgan fingerprint density at radius 3 is 2.56 bits per heavy atom. The number of carbonyl (C=O) groups is 1. The third-order valence-corrected chi connectivity index (χ3v) is 4.53. The molecule has 27 heavy (non-hydrogen) atoms. The summed E-state index contributed by atoms with van der Waals surface area (Å²) in [4.78, 5) is 19.8. The molecular weight excluding hydrogens is 332 g/mol. The minimum Gasteiger partial charge on any atom is -0.346 e. The molecule has 0 radical (unpaired) electrons. The van der Waals surface area contributed by atoms with Crippen LogP contribution < -0.4 is 0 Å². The molecule has 2 aromatic carbocycles. The lowest BCUT2D eigenvalue weighted by Gasteiger charge is -2.04. The van der Waals surface area contributed by atoms with Crippen molar-refractivity contribution in [2.24, 2.45) is 0 Å². The van der Waals surface area contributed by atoms with Gasteiger partial charge in [0.15, 0.2) is 5.78 Å². The van der Waals surface area contributed by atoms with Gasteiger partial charge in [-0.2, -0.15) is 0 Å². The number of nitrogens with zero attached hydrogens (tertiary/aromatic N) is 1. The van der Waals surface area contributed by atoms with Crippen molar-refractivity contribution in [1.82, 2.24) is 9.97 Å². The number of hydrogen-bond acceptors (Lipinski definition) is 2. The summed E-state index contributed by atoms with van der Waals surface area (Å²) in [6.07, 6.45) is 4.77. The predicted molar refractivity (Wildman–Crippen MR) is 108 cm³/mol. The number of hydrogen-bond donors (Lipinski definition) is 1. The number of H-pyrrole nitrogens is 1. The fourth-order valence-electron chi connectivity index (χ4n) is 3.08. The number of fused-ring (bicyclic) bond motifs is 1. The highest BCUT2D eigenvalue weighted by atomic mass is 16.1. The molecule has 0 aliphatic carbocycles. The minimum atomic E-state index is 0.154. The lowest BCUT2D eigenvalue weighted by molar-refractivity contribution is 0.0983. The van der Waals surface area contributed by atoms with Crippen LogP contribution in [-0.2, 0) is 6.42 Å². The van der Waals surface area contributed by atoms with E-state index < -0.39 is 0 Å². The maximum Gasteiger partial charge on any atom is 0.163 e. The van der Waals surface area contributed by atoms with Crippen LogP contribution in [0.3, 0.4) is 0 Å². The largest absolute Gasteiger partial charge is 0.346 e. The van der Waals surface area contributed by atoms with Crippen LogP contribution in [0, 0.1) is 11.8 Å². The average molecular weight is 350 g/mol. The molecule has 3 heteroatoms. The van der Waals surface area contributed by atoms with Crippen LogP contribution in [0.5, 0.6) is 0 Å². The third-order valence-electron chi connectivity index (χ3n) is 4.53. The molecule has 4 aromatic rings. The number of pyridine rings is 1. The van der Waals surface area contributed by atoms with Gasteiger partial charge in [-0.3, -0.25) is 4.79 Å². The molecule has 2 aromatic heterocycles. The molecular formula is C24H18N2O. The Hall–Kier alpha value is -3.64. The summed E-state index contributed by atoms with van der Waals surface area (Å²) in [5.74, 6) is 6.68. The Bertz CT molecular complexity index is 1150. The molecule has 0 atom stereocenters. The van der Waals surface area contributed by atoms with E-state index in [4.69, 9.17) is 0 Å². The highest BCUT2D eigenvalue weighted by molar-refractivity contribution is 5.96. The fourth-order valence-corrected chi connectivity index (χ4v) is 3.08. The van der Waals surface area contributed by atoms with E-state index in [0.29, 0.717) is 12.8 Å². The van der Waals surface area contributed by atoms with Crippen LogP contribution in [0.1, 0.15) is 33.5 Å². The molecule has 0 aliphatic heterocycles. The highest BCUT2D eigenvalue weighted by Gasteiger charge is 2.07. The number of benzene rings is 2. The van der Waals surface area contributed by atoms with E-state index in [-0.39, 0.29) is 5.78 Å². The fraction of sp³-hybridized carbons (Fsp3) is 0.0833. The number of aryl methyl sites for hydroxylation is 1. The number of rotatable bonds is 4. The smallest absolute Gasteiger partial charge is 0.163 e. The van der Waals surface area contributed by atoms with Gasteiger partial charge in [-0.05, 0) is 30.2 Å². The van der Waals surface area contributed by atoms with Crippen molar-refractivity contribution in [1.29, 1.82) is 0 Å². The average Bonchev–Trinajstić information content (AvgIpc) is 3.21. The van der Waals surface area contributed by atoms with Crippen LogP contribution in [0.4, 0.5) is 0 Å². The Balaban J connectivity index is 1.56. The molecule has 0 aliphatic rings. The first-order chi connectivity index (χ1) is 13.3. The SMILES string of the molecule is O=C(CCc1ccccc1C#Cc1ccnc2[nH]ccc12)c1ccccc1. The Labute approximate surface area is 158 Å². The second kappa shape index (κ2) is 7.72. The molecule has 0 unspecified atom stereocenters. The molecule has 0 bridgehead atoms. The van der Waals surface area contributed by atoms with Crippen molar-refractivity contribution in [3.8, 4) is 11.8 Å². The van der Waals surface area contributed by atoms with Gasteiger partial charge in [0.2, 0.25) is 0 Å². The number of ketones is 1. The van der Waals surface area contributed by atoms with E-state index in [1.165, 1.54) is 0 Å². The zero-order valence-corrected chi connectivity index (χ0v) is 14.8. The summed E-state index contributed by atoms with van der Waals surface area (Å²) < 4.78 is 0. The topological polar surface area (TPSA) is 45.8 Å². The zero-order valence-electron chi connectivity index (χ0n) is 14.8. The molecule has 0 saturated heterocycles. The first kappa shape index (κ1) is 16.8. The Kier molecular flexibility index (Phi) is 4.80. The van der Waals surface area contributed by atoms with Crippen molar-refractivity contribution >= 4 is 16.8 Å². The number of aromatic amines is 1. The van der Waals surface area contributed by atoms with Gasteiger partial charge in [0.05, 0.1) is 0 Å². The van der Waals surface area contributed by atoms with Crippen molar-refractivity contribution in [2.75, 3.05) is 0 Å². The molecule has 2 heterocycles. The standard InChI is InChI=1S/C24H18N2O/c27-23(21-8-2-1-3-9-21)13-12-19-7-5-4-6-18(19)10-11-20-14-16-25-24-22(20)15-17-26-24/h1-9,14-17H,12-13H2,(H,25,26). The Morgan fingerprint density at radius 1 is 0.889 bits per heavy atom. The summed E-state index contributed by atoms with van der Waals surface area (Å²) >= 11 is 0. The van der Waals surface area contributed by atoms with Gasteiger partial charge < -0.3 is 4.98 Å². The lowest BCUT2D eigenvalue weighted by Crippen LogP contribution is -2.02. The van der Waals surface area contributed by atoms with E-state index in [1.54, 1.807) is 6.20 Å². The van der Waals surface area contributed by atoms with Crippen LogP contribution in [0.15, 0.2) is 79.1 Å². The molecule has 0 fully saturated rings. The van der Waals surface area contributed by atoms with Gasteiger partial charge in [-0.1, -0.05) is 60.4 Å². The lowest BCUT2D eigenvalue weighted by atomic mass is 9.99. The second-order valence-electron chi connectivity index (χ2n) is 6.29. The van der Waals surface area contributed by atoms with Gasteiger partial charge in [-0.15, -0.1) is 0 Å². The maximum atomic E-state index is 12.4. The monoisotopic (exact) mass is 350 g/mol. The summed E-state index contributed by atoms with van der Waals surface area (Å²) in [6.45, 7) is 0. The van der Waals surface area contributed by atoms with Crippen molar-refractivity contribution in [3.05, 3.63) is 101 Å². The van der Waals surface area contributed by atoms with Gasteiger partial charge in [0.1, 0.15) is 5.65 Å². The third kappa shape index (κ3) is 3.80. The minimum absolute atomic E-state index is 0.154. The van der Waals surface area contributed by atoms with Gasteiger partial charge in [0.25, 0.3) is 0 Å². The van der Waals surface area contributed by atoms with Gasteiger partial charge in [-0.25, -0.2) is 4.98 Å². The van der Waals surface area contributed by atoms with Crippen LogP contribution >= 0.6 is 0 Å². The quantitative estimate of drug-likeness (QED) is 0.425. The highest BCUT2D eigenvalue weighted by Crippen LogP contribution is 2.16. The van der Waals surface area contributed by atoms with E-state index in [1.807, 2.05) is 72.9 Å². The number of carbonyl (C=O) groups excluding carboxylic acids is 1.